The Morgan fingerprint density at radius 2 is 2.10 bits per heavy atom. The van der Waals surface area contributed by atoms with Gasteiger partial charge in [-0.1, -0.05) is 58.7 Å². The maximum absolute atomic E-state index is 12.3. The molecule has 0 amide bonds. The minimum Gasteiger partial charge on any atom is -0.293 e. The Hall–Kier alpha value is -1.21. The van der Waals surface area contributed by atoms with Gasteiger partial charge in [-0.25, -0.2) is 4.68 Å². The molecule has 7 heteroatoms. The average molecular weight is 367 g/mol. The second-order valence-corrected chi connectivity index (χ2v) is 6.83. The lowest BCUT2D eigenvalue weighted by molar-refractivity contribution is 0.102. The number of aromatic nitrogens is 4. The van der Waals surface area contributed by atoms with Crippen LogP contribution in [0.5, 0.6) is 0 Å². The van der Waals surface area contributed by atoms with Crippen molar-refractivity contribution in [1.29, 1.82) is 0 Å². The van der Waals surface area contributed by atoms with Crippen LogP contribution in [0.3, 0.4) is 0 Å². The Bertz CT molecular complexity index is 639. The number of carbonyl (C=O) groups excluding carboxylic acids is 1. The molecule has 110 valence electrons. The predicted octanol–water partition coefficient (Wildman–Crippen LogP) is 3.53. The first kappa shape index (κ1) is 14.7. The lowest BCUT2D eigenvalue weighted by atomic mass is 10.1. The molecule has 21 heavy (non-hydrogen) atoms. The Morgan fingerprint density at radius 1 is 1.33 bits per heavy atom. The number of ketones is 1. The van der Waals surface area contributed by atoms with Crippen LogP contribution >= 0.6 is 27.7 Å². The highest BCUT2D eigenvalue weighted by atomic mass is 79.9. The van der Waals surface area contributed by atoms with Gasteiger partial charge in [0, 0.05) is 10.0 Å². The first-order valence-electron chi connectivity index (χ1n) is 6.94. The maximum atomic E-state index is 12.3. The third-order valence-electron chi connectivity index (χ3n) is 3.64. The van der Waals surface area contributed by atoms with Crippen LogP contribution in [-0.2, 0) is 0 Å². The Balaban J connectivity index is 1.67. The van der Waals surface area contributed by atoms with Crippen molar-refractivity contribution < 1.29 is 4.79 Å². The highest BCUT2D eigenvalue weighted by Crippen LogP contribution is 2.31. The van der Waals surface area contributed by atoms with Crippen LogP contribution in [0, 0.1) is 0 Å². The summed E-state index contributed by atoms with van der Waals surface area (Å²) < 4.78 is 2.70. The summed E-state index contributed by atoms with van der Waals surface area (Å²) in [5, 5.41) is 12.6. The highest BCUT2D eigenvalue weighted by Gasteiger charge is 2.22. The van der Waals surface area contributed by atoms with E-state index in [2.05, 4.69) is 31.5 Å². The highest BCUT2D eigenvalue weighted by molar-refractivity contribution is 9.10. The van der Waals surface area contributed by atoms with Gasteiger partial charge in [-0.05, 0) is 29.3 Å². The molecule has 5 nitrogen and oxygen atoms in total. The van der Waals surface area contributed by atoms with Gasteiger partial charge in [-0.3, -0.25) is 4.79 Å². The third-order valence-corrected chi connectivity index (χ3v) is 5.26. The van der Waals surface area contributed by atoms with E-state index in [-0.39, 0.29) is 5.78 Å². The summed E-state index contributed by atoms with van der Waals surface area (Å²) in [5.74, 6) is 0.420. The molecule has 0 radical (unpaired) electrons. The molecule has 0 spiro atoms. The number of rotatable bonds is 5. The molecule has 1 heterocycles. The van der Waals surface area contributed by atoms with Crippen LogP contribution in [0.4, 0.5) is 0 Å². The Labute approximate surface area is 135 Å². The van der Waals surface area contributed by atoms with Crippen LogP contribution < -0.4 is 0 Å². The van der Waals surface area contributed by atoms with Crippen molar-refractivity contribution in [3.05, 3.63) is 34.3 Å². The molecule has 0 N–H and O–H groups in total. The number of carbonyl (C=O) groups is 1. The van der Waals surface area contributed by atoms with E-state index in [1.54, 1.807) is 0 Å². The molecule has 0 aliphatic heterocycles. The maximum Gasteiger partial charge on any atom is 0.210 e. The van der Waals surface area contributed by atoms with Crippen molar-refractivity contribution in [2.45, 2.75) is 36.9 Å². The number of Topliss-reactive ketones (excluding diaryl/α,β-unsaturated/α-hetero) is 1. The fraction of sp³-hybridized carbons (Fsp3) is 0.429. The fourth-order valence-electron chi connectivity index (χ4n) is 2.55. The van der Waals surface area contributed by atoms with E-state index in [9.17, 15) is 4.79 Å². The van der Waals surface area contributed by atoms with E-state index >= 15 is 0 Å². The van der Waals surface area contributed by atoms with Gasteiger partial charge in [0.25, 0.3) is 0 Å². The zero-order valence-electron chi connectivity index (χ0n) is 11.4. The number of hydrogen-bond acceptors (Lipinski definition) is 5. The van der Waals surface area contributed by atoms with Crippen molar-refractivity contribution in [2.75, 3.05) is 5.75 Å². The molecule has 1 fully saturated rings. The number of nitrogens with zero attached hydrogens (tertiary/aromatic N) is 4. The molecule has 1 saturated carbocycles. The number of hydrogen-bond donors (Lipinski definition) is 0. The first-order chi connectivity index (χ1) is 10.3. The van der Waals surface area contributed by atoms with E-state index in [0.29, 0.717) is 17.4 Å². The fourth-order valence-corrected chi connectivity index (χ4v) is 3.89. The molecule has 0 saturated heterocycles. The van der Waals surface area contributed by atoms with Crippen molar-refractivity contribution in [1.82, 2.24) is 20.2 Å². The van der Waals surface area contributed by atoms with Crippen LogP contribution in [-0.4, -0.2) is 31.7 Å². The molecule has 0 unspecified atom stereocenters. The molecule has 1 aromatic carbocycles. The van der Waals surface area contributed by atoms with Gasteiger partial charge in [0.2, 0.25) is 5.16 Å². The van der Waals surface area contributed by atoms with E-state index in [1.807, 2.05) is 28.9 Å². The van der Waals surface area contributed by atoms with Crippen LogP contribution in [0.2, 0.25) is 0 Å². The van der Waals surface area contributed by atoms with Gasteiger partial charge in [0.05, 0.1) is 11.8 Å². The molecule has 3 rings (SSSR count). The number of halogens is 1. The predicted molar refractivity (Wildman–Crippen MR) is 84.5 cm³/mol. The summed E-state index contributed by atoms with van der Waals surface area (Å²) in [6, 6.07) is 7.86. The minimum atomic E-state index is 0.0773. The Morgan fingerprint density at radius 3 is 2.86 bits per heavy atom. The summed E-state index contributed by atoms with van der Waals surface area (Å²) in [5.41, 5.74) is 0.699. The smallest absolute Gasteiger partial charge is 0.210 e. The summed E-state index contributed by atoms with van der Waals surface area (Å²) >= 11 is 4.82. The van der Waals surface area contributed by atoms with Crippen molar-refractivity contribution >= 4 is 33.5 Å². The molecule has 1 aliphatic carbocycles. The lowest BCUT2D eigenvalue weighted by Crippen LogP contribution is -2.10. The molecule has 2 aromatic rings. The van der Waals surface area contributed by atoms with Gasteiger partial charge in [0.1, 0.15) is 0 Å². The van der Waals surface area contributed by atoms with Crippen molar-refractivity contribution in [3.8, 4) is 0 Å². The summed E-state index contributed by atoms with van der Waals surface area (Å²) in [4.78, 5) is 12.3. The molecular formula is C14H15BrN4OS. The normalized spacial score (nSPS) is 15.5. The topological polar surface area (TPSA) is 60.7 Å². The van der Waals surface area contributed by atoms with Crippen LogP contribution in [0.1, 0.15) is 42.1 Å². The first-order valence-corrected chi connectivity index (χ1v) is 8.72. The van der Waals surface area contributed by atoms with Gasteiger partial charge < -0.3 is 0 Å². The number of benzene rings is 1. The van der Waals surface area contributed by atoms with Crippen molar-refractivity contribution in [2.24, 2.45) is 0 Å². The quantitative estimate of drug-likeness (QED) is 0.598. The molecular weight excluding hydrogens is 352 g/mol. The largest absolute Gasteiger partial charge is 0.293 e. The van der Waals surface area contributed by atoms with Gasteiger partial charge in [-0.15, -0.1) is 5.10 Å². The zero-order chi connectivity index (χ0) is 14.7. The van der Waals surface area contributed by atoms with Gasteiger partial charge in [0.15, 0.2) is 5.78 Å². The molecule has 1 aromatic heterocycles. The van der Waals surface area contributed by atoms with E-state index in [4.69, 9.17) is 0 Å². The Kier molecular flexibility index (Phi) is 4.70. The summed E-state index contributed by atoms with van der Waals surface area (Å²) in [6.07, 6.45) is 4.70. The summed E-state index contributed by atoms with van der Waals surface area (Å²) in [7, 11) is 0. The second kappa shape index (κ2) is 6.70. The summed E-state index contributed by atoms with van der Waals surface area (Å²) in [6.45, 7) is 0. The van der Waals surface area contributed by atoms with E-state index < -0.39 is 0 Å². The number of thioether (sulfide) groups is 1. The second-order valence-electron chi connectivity index (χ2n) is 5.04. The van der Waals surface area contributed by atoms with Crippen molar-refractivity contribution in [3.63, 3.8) is 0 Å². The van der Waals surface area contributed by atoms with Crippen LogP contribution in [0.15, 0.2) is 33.9 Å². The zero-order valence-corrected chi connectivity index (χ0v) is 13.8. The standard InChI is InChI=1S/C14H15BrN4OS/c15-12-8-4-3-7-11(12)13(20)9-21-14-16-17-18-19(14)10-5-1-2-6-10/h3-4,7-8,10H,1-2,5-6,9H2. The minimum absolute atomic E-state index is 0.0773. The monoisotopic (exact) mass is 366 g/mol. The lowest BCUT2D eigenvalue weighted by Gasteiger charge is -2.10. The molecule has 1 aliphatic rings. The van der Waals surface area contributed by atoms with E-state index in [0.717, 1.165) is 22.5 Å². The van der Waals surface area contributed by atoms with Gasteiger partial charge in [-0.2, -0.15) is 0 Å². The van der Waals surface area contributed by atoms with Gasteiger partial charge >= 0.3 is 0 Å². The SMILES string of the molecule is O=C(CSc1nnnn1C1CCCC1)c1ccccc1Br. The van der Waals surface area contributed by atoms with E-state index in [1.165, 1.54) is 24.6 Å². The average Bonchev–Trinajstić information content (AvgIpc) is 3.16. The van der Waals surface area contributed by atoms with Crippen LogP contribution in [0.25, 0.3) is 0 Å². The number of tetrazole rings is 1. The molecule has 0 bridgehead atoms. The third kappa shape index (κ3) is 3.35. The molecule has 0 atom stereocenters.